The molecule has 0 aliphatic carbocycles. The van der Waals surface area contributed by atoms with E-state index in [1.54, 1.807) is 0 Å². The van der Waals surface area contributed by atoms with E-state index in [0.717, 1.165) is 18.9 Å². The zero-order valence-electron chi connectivity index (χ0n) is 13.4. The van der Waals surface area contributed by atoms with Crippen LogP contribution in [0.4, 0.5) is 8.78 Å². The Morgan fingerprint density at radius 1 is 1.39 bits per heavy atom. The smallest absolute Gasteiger partial charge is 0.303 e. The zero-order chi connectivity index (χ0) is 17.6. The van der Waals surface area contributed by atoms with Crippen molar-refractivity contribution < 1.29 is 32.6 Å². The van der Waals surface area contributed by atoms with Crippen LogP contribution in [0.15, 0.2) is 10.3 Å². The molecule has 23 heavy (non-hydrogen) atoms. The maximum absolute atomic E-state index is 14.3. The fraction of sp³-hybridized carbons (Fsp3) is 0.846. The molecular weight excluding hydrogens is 316 g/mol. The summed E-state index contributed by atoms with van der Waals surface area (Å²) in [5.41, 5.74) is 0. The van der Waals surface area contributed by atoms with Crippen LogP contribution in [-0.2, 0) is 23.8 Å². The third-order valence-corrected chi connectivity index (χ3v) is 3.16. The molecule has 1 unspecified atom stereocenters. The summed E-state index contributed by atoms with van der Waals surface area (Å²) >= 11 is 0. The third kappa shape index (κ3) is 5.38. The van der Waals surface area contributed by atoms with Gasteiger partial charge < -0.3 is 14.2 Å². The SMILES string of the molecule is CN=NN(C(C)F)[C@H]1[C@@H](OC(C)=O)[C@@H](COC(C)=O)OC[C@@H]1F. The number of hydrogen-bond acceptors (Lipinski definition) is 7. The molecule has 1 fully saturated rings. The van der Waals surface area contributed by atoms with Crippen molar-refractivity contribution in [3.63, 3.8) is 0 Å². The molecule has 0 aromatic rings. The molecule has 0 aromatic heterocycles. The van der Waals surface area contributed by atoms with E-state index in [9.17, 15) is 18.4 Å². The lowest BCUT2D eigenvalue weighted by molar-refractivity contribution is -0.202. The van der Waals surface area contributed by atoms with E-state index in [4.69, 9.17) is 14.2 Å². The predicted molar refractivity (Wildman–Crippen MR) is 73.8 cm³/mol. The Bertz CT molecular complexity index is 449. The molecule has 1 saturated heterocycles. The molecule has 0 radical (unpaired) electrons. The Hall–Kier alpha value is -1.84. The maximum atomic E-state index is 14.3. The number of carbonyl (C=O) groups is 2. The lowest BCUT2D eigenvalue weighted by Crippen LogP contribution is -2.61. The largest absolute Gasteiger partial charge is 0.463 e. The van der Waals surface area contributed by atoms with E-state index < -0.39 is 42.7 Å². The highest BCUT2D eigenvalue weighted by Crippen LogP contribution is 2.28. The van der Waals surface area contributed by atoms with E-state index in [1.165, 1.54) is 14.0 Å². The van der Waals surface area contributed by atoms with Crippen LogP contribution in [-0.4, -0.2) is 67.9 Å². The minimum Gasteiger partial charge on any atom is -0.463 e. The number of rotatable bonds is 6. The van der Waals surface area contributed by atoms with Gasteiger partial charge in [-0.05, 0) is 6.92 Å². The fourth-order valence-electron chi connectivity index (χ4n) is 2.30. The summed E-state index contributed by atoms with van der Waals surface area (Å²) in [7, 11) is 1.30. The van der Waals surface area contributed by atoms with E-state index in [1.807, 2.05) is 0 Å². The van der Waals surface area contributed by atoms with Crippen molar-refractivity contribution in [2.24, 2.45) is 10.3 Å². The minimum atomic E-state index is -1.67. The summed E-state index contributed by atoms with van der Waals surface area (Å²) in [5, 5.41) is 7.81. The van der Waals surface area contributed by atoms with Gasteiger partial charge in [0.1, 0.15) is 24.9 Å². The van der Waals surface area contributed by atoms with Crippen LogP contribution >= 0.6 is 0 Å². The van der Waals surface area contributed by atoms with Crippen LogP contribution in [0.3, 0.4) is 0 Å². The monoisotopic (exact) mass is 337 g/mol. The molecule has 1 aliphatic rings. The molecule has 0 spiro atoms. The number of nitrogens with zero attached hydrogens (tertiary/aromatic N) is 3. The summed E-state index contributed by atoms with van der Waals surface area (Å²) in [6.07, 6.45) is -5.49. The lowest BCUT2D eigenvalue weighted by Gasteiger charge is -2.42. The van der Waals surface area contributed by atoms with Gasteiger partial charge in [0.25, 0.3) is 0 Å². The van der Waals surface area contributed by atoms with Crippen molar-refractivity contribution in [3.8, 4) is 0 Å². The fourth-order valence-corrected chi connectivity index (χ4v) is 2.30. The molecule has 0 aromatic carbocycles. The van der Waals surface area contributed by atoms with Crippen LogP contribution < -0.4 is 0 Å². The van der Waals surface area contributed by atoms with Crippen LogP contribution in [0.2, 0.25) is 0 Å². The Labute approximate surface area is 132 Å². The van der Waals surface area contributed by atoms with Crippen molar-refractivity contribution in [1.29, 1.82) is 0 Å². The molecule has 10 heteroatoms. The molecule has 0 bridgehead atoms. The highest BCUT2D eigenvalue weighted by atomic mass is 19.1. The lowest BCUT2D eigenvalue weighted by atomic mass is 9.97. The first-order valence-electron chi connectivity index (χ1n) is 7.06. The van der Waals surface area contributed by atoms with Gasteiger partial charge in [0.2, 0.25) is 0 Å². The molecule has 0 saturated carbocycles. The van der Waals surface area contributed by atoms with E-state index in [0.29, 0.717) is 0 Å². The third-order valence-electron chi connectivity index (χ3n) is 3.16. The maximum Gasteiger partial charge on any atom is 0.303 e. The first-order valence-corrected chi connectivity index (χ1v) is 7.06. The number of alkyl halides is 2. The molecule has 8 nitrogen and oxygen atoms in total. The van der Waals surface area contributed by atoms with Crippen molar-refractivity contribution in [3.05, 3.63) is 0 Å². The van der Waals surface area contributed by atoms with Crippen LogP contribution in [0.5, 0.6) is 0 Å². The summed E-state index contributed by atoms with van der Waals surface area (Å²) in [6.45, 7) is 2.85. The first-order chi connectivity index (χ1) is 10.8. The van der Waals surface area contributed by atoms with Gasteiger partial charge in [-0.2, -0.15) is 5.11 Å². The average Bonchev–Trinajstić information content (AvgIpc) is 2.44. The Morgan fingerprint density at radius 2 is 2.04 bits per heavy atom. The molecule has 132 valence electrons. The highest BCUT2D eigenvalue weighted by molar-refractivity contribution is 5.66. The van der Waals surface area contributed by atoms with Gasteiger partial charge in [-0.3, -0.25) is 9.59 Å². The van der Waals surface area contributed by atoms with Crippen LogP contribution in [0, 0.1) is 0 Å². The van der Waals surface area contributed by atoms with Gasteiger partial charge >= 0.3 is 11.9 Å². The normalized spacial score (nSPS) is 29.1. The quantitative estimate of drug-likeness (QED) is 0.313. The van der Waals surface area contributed by atoms with Gasteiger partial charge in [-0.15, -0.1) is 0 Å². The number of esters is 2. The average molecular weight is 337 g/mol. The highest BCUT2D eigenvalue weighted by Gasteiger charge is 2.48. The topological polar surface area (TPSA) is 89.8 Å². The number of ether oxygens (including phenoxy) is 3. The predicted octanol–water partition coefficient (Wildman–Crippen LogP) is 1.20. The van der Waals surface area contributed by atoms with Crippen molar-refractivity contribution in [2.45, 2.75) is 51.5 Å². The number of carbonyl (C=O) groups excluding carboxylic acids is 2. The van der Waals surface area contributed by atoms with Crippen LogP contribution in [0.25, 0.3) is 0 Å². The van der Waals surface area contributed by atoms with E-state index in [-0.39, 0.29) is 13.2 Å². The van der Waals surface area contributed by atoms with Gasteiger partial charge in [-0.25, -0.2) is 13.8 Å². The van der Waals surface area contributed by atoms with Crippen molar-refractivity contribution in [1.82, 2.24) is 5.01 Å². The van der Waals surface area contributed by atoms with Crippen LogP contribution in [0.1, 0.15) is 20.8 Å². The summed E-state index contributed by atoms with van der Waals surface area (Å²) < 4.78 is 43.3. The molecule has 0 amide bonds. The molecule has 1 rings (SSSR count). The second-order valence-electron chi connectivity index (χ2n) is 5.00. The van der Waals surface area contributed by atoms with E-state index in [2.05, 4.69) is 10.3 Å². The summed E-state index contributed by atoms with van der Waals surface area (Å²) in [6, 6.07) is -1.25. The Morgan fingerprint density at radius 3 is 2.52 bits per heavy atom. The zero-order valence-corrected chi connectivity index (χ0v) is 13.4. The van der Waals surface area contributed by atoms with Gasteiger partial charge in [0, 0.05) is 13.8 Å². The molecular formula is C13H21F2N3O5. The number of halogens is 2. The van der Waals surface area contributed by atoms with Crippen molar-refractivity contribution in [2.75, 3.05) is 20.3 Å². The molecule has 0 N–H and O–H groups in total. The Kier molecular flexibility index (Phi) is 7.27. The summed E-state index contributed by atoms with van der Waals surface area (Å²) in [4.78, 5) is 22.3. The number of hydrogen-bond donors (Lipinski definition) is 0. The van der Waals surface area contributed by atoms with Crippen molar-refractivity contribution >= 4 is 11.9 Å². The van der Waals surface area contributed by atoms with E-state index >= 15 is 0 Å². The summed E-state index contributed by atoms with van der Waals surface area (Å²) in [5.74, 6) is -1.27. The molecule has 1 heterocycles. The standard InChI is InChI=1S/C13H21F2N3O5/c1-7(14)18(17-16-4)12-10(15)5-22-11(6-21-8(2)19)13(12)23-9(3)20/h7,10-13H,5-6H2,1-4H3/t7?,10-,11+,12+,13-/m0/s1. The molecule has 1 aliphatic heterocycles. The minimum absolute atomic E-state index is 0.256. The first kappa shape index (κ1) is 19.2. The molecule has 5 atom stereocenters. The van der Waals surface area contributed by atoms with Gasteiger partial charge in [0.05, 0.1) is 13.7 Å². The Balaban J connectivity index is 3.07. The second-order valence-corrected chi connectivity index (χ2v) is 5.00. The van der Waals surface area contributed by atoms with Gasteiger partial charge in [0.15, 0.2) is 12.4 Å². The second kappa shape index (κ2) is 8.70. The van der Waals surface area contributed by atoms with Gasteiger partial charge in [-0.1, -0.05) is 5.22 Å².